The molecule has 0 bridgehead atoms. The van der Waals surface area contributed by atoms with E-state index in [2.05, 4.69) is 27.0 Å². The molecule has 2 rings (SSSR count). The molecule has 0 aliphatic carbocycles. The molecule has 1 saturated heterocycles. The summed E-state index contributed by atoms with van der Waals surface area (Å²) in [7, 11) is 0. The maximum atomic E-state index is 5.60. The molecule has 1 aliphatic rings. The van der Waals surface area contributed by atoms with E-state index in [-0.39, 0.29) is 11.9 Å². The lowest BCUT2D eigenvalue weighted by Gasteiger charge is -2.22. The van der Waals surface area contributed by atoms with Crippen molar-refractivity contribution in [2.24, 2.45) is 27.2 Å². The number of aliphatic imine (C=N–C) groups is 2. The summed E-state index contributed by atoms with van der Waals surface area (Å²) in [6.07, 6.45) is 5.18. The van der Waals surface area contributed by atoms with Gasteiger partial charge in [-0.25, -0.2) is 4.99 Å². The fourth-order valence-electron chi connectivity index (χ4n) is 2.36. The summed E-state index contributed by atoms with van der Waals surface area (Å²) in [4.78, 5) is 10.2. The largest absolute Gasteiger partial charge is 0.372 e. The van der Waals surface area contributed by atoms with Gasteiger partial charge in [-0.15, -0.1) is 0 Å². The fourth-order valence-corrected chi connectivity index (χ4v) is 2.36. The first-order chi connectivity index (χ1) is 9.65. The molecule has 0 spiro atoms. The highest BCUT2D eigenvalue weighted by Gasteiger charge is 2.09. The first-order valence-electron chi connectivity index (χ1n) is 6.94. The van der Waals surface area contributed by atoms with Crippen LogP contribution in [0.2, 0.25) is 0 Å². The number of guanidine groups is 2. The quantitative estimate of drug-likeness (QED) is 0.558. The Bertz CT molecular complexity index is 479. The Balaban J connectivity index is 2.07. The van der Waals surface area contributed by atoms with Gasteiger partial charge in [0.15, 0.2) is 5.96 Å². The van der Waals surface area contributed by atoms with E-state index in [0.717, 1.165) is 18.8 Å². The number of nitrogens with two attached hydrogens (primary N) is 3. The molecule has 0 aromatic heterocycles. The maximum absolute atomic E-state index is 5.60. The van der Waals surface area contributed by atoms with Crippen molar-refractivity contribution in [3.63, 3.8) is 0 Å². The molecule has 1 fully saturated rings. The summed E-state index contributed by atoms with van der Waals surface area (Å²) >= 11 is 0. The number of hydrogen-bond acceptors (Lipinski definition) is 2. The van der Waals surface area contributed by atoms with Crippen LogP contribution in [0.1, 0.15) is 25.7 Å². The van der Waals surface area contributed by atoms with Crippen LogP contribution in [0.4, 0.5) is 11.4 Å². The van der Waals surface area contributed by atoms with Crippen molar-refractivity contribution in [3.8, 4) is 0 Å². The Labute approximate surface area is 119 Å². The van der Waals surface area contributed by atoms with E-state index in [1.165, 1.54) is 31.4 Å². The van der Waals surface area contributed by atoms with Gasteiger partial charge < -0.3 is 22.1 Å². The predicted octanol–water partition coefficient (Wildman–Crippen LogP) is 1.29. The van der Waals surface area contributed by atoms with Gasteiger partial charge in [-0.2, -0.15) is 4.99 Å². The van der Waals surface area contributed by atoms with Crippen LogP contribution >= 0.6 is 0 Å². The van der Waals surface area contributed by atoms with Crippen molar-refractivity contribution in [3.05, 3.63) is 24.3 Å². The van der Waals surface area contributed by atoms with Gasteiger partial charge in [-0.05, 0) is 37.1 Å². The Morgan fingerprint density at radius 3 is 2.05 bits per heavy atom. The molecule has 0 unspecified atom stereocenters. The van der Waals surface area contributed by atoms with Crippen molar-refractivity contribution in [1.82, 2.24) is 0 Å². The molecule has 20 heavy (non-hydrogen) atoms. The molecule has 1 aromatic rings. The van der Waals surface area contributed by atoms with Gasteiger partial charge in [0, 0.05) is 18.8 Å². The third-order valence-electron chi connectivity index (χ3n) is 3.31. The lowest BCUT2D eigenvalue weighted by Crippen LogP contribution is -2.26. The van der Waals surface area contributed by atoms with E-state index in [1.54, 1.807) is 0 Å². The van der Waals surface area contributed by atoms with Crippen molar-refractivity contribution in [2.45, 2.75) is 25.7 Å². The summed E-state index contributed by atoms with van der Waals surface area (Å²) in [5.41, 5.74) is 18.1. The van der Waals surface area contributed by atoms with Gasteiger partial charge in [0.05, 0.1) is 5.69 Å². The molecule has 0 radical (unpaired) electrons. The molecule has 0 atom stereocenters. The molecule has 6 N–H and O–H groups in total. The van der Waals surface area contributed by atoms with Crippen molar-refractivity contribution >= 4 is 23.3 Å². The number of nitrogens with zero attached hydrogens (tertiary/aromatic N) is 3. The van der Waals surface area contributed by atoms with E-state index in [4.69, 9.17) is 17.2 Å². The van der Waals surface area contributed by atoms with Crippen LogP contribution < -0.4 is 22.1 Å². The van der Waals surface area contributed by atoms with Gasteiger partial charge in [0.2, 0.25) is 5.96 Å². The lowest BCUT2D eigenvalue weighted by molar-refractivity contribution is 0.726. The third kappa shape index (κ3) is 4.15. The van der Waals surface area contributed by atoms with E-state index in [1.807, 2.05) is 12.1 Å². The number of rotatable bonds is 2. The van der Waals surface area contributed by atoms with Crippen LogP contribution in [0.3, 0.4) is 0 Å². The highest BCUT2D eigenvalue weighted by molar-refractivity contribution is 5.93. The van der Waals surface area contributed by atoms with Crippen molar-refractivity contribution < 1.29 is 0 Å². The van der Waals surface area contributed by atoms with Crippen LogP contribution in [0.15, 0.2) is 34.3 Å². The van der Waals surface area contributed by atoms with Crippen LogP contribution in [-0.4, -0.2) is 25.0 Å². The average Bonchev–Trinajstić information content (AvgIpc) is 2.67. The monoisotopic (exact) mass is 274 g/mol. The highest BCUT2D eigenvalue weighted by atomic mass is 15.1. The zero-order chi connectivity index (χ0) is 14.4. The van der Waals surface area contributed by atoms with Crippen LogP contribution in [-0.2, 0) is 0 Å². The minimum atomic E-state index is -0.0903. The van der Waals surface area contributed by atoms with Gasteiger partial charge in [0.25, 0.3) is 0 Å². The smallest absolute Gasteiger partial charge is 0.223 e. The Morgan fingerprint density at radius 2 is 1.50 bits per heavy atom. The van der Waals surface area contributed by atoms with E-state index >= 15 is 0 Å². The number of anilines is 1. The summed E-state index contributed by atoms with van der Waals surface area (Å²) in [5, 5.41) is 0. The van der Waals surface area contributed by atoms with Gasteiger partial charge >= 0.3 is 0 Å². The highest BCUT2D eigenvalue weighted by Crippen LogP contribution is 2.22. The van der Waals surface area contributed by atoms with E-state index < -0.39 is 0 Å². The first kappa shape index (κ1) is 14.2. The maximum Gasteiger partial charge on any atom is 0.223 e. The summed E-state index contributed by atoms with van der Waals surface area (Å²) in [6.45, 7) is 2.25. The third-order valence-corrected chi connectivity index (χ3v) is 3.31. The zero-order valence-corrected chi connectivity index (χ0v) is 11.6. The second-order valence-corrected chi connectivity index (χ2v) is 4.92. The molecular formula is C14H22N6. The van der Waals surface area contributed by atoms with Crippen LogP contribution in [0.5, 0.6) is 0 Å². The van der Waals surface area contributed by atoms with E-state index in [0.29, 0.717) is 0 Å². The molecule has 0 saturated carbocycles. The number of benzene rings is 1. The second kappa shape index (κ2) is 6.79. The molecule has 0 amide bonds. The Hall–Kier alpha value is -2.24. The van der Waals surface area contributed by atoms with Crippen molar-refractivity contribution in [2.75, 3.05) is 18.0 Å². The molecular weight excluding hydrogens is 252 g/mol. The van der Waals surface area contributed by atoms with Crippen LogP contribution in [0, 0.1) is 0 Å². The molecule has 6 nitrogen and oxygen atoms in total. The summed E-state index contributed by atoms with van der Waals surface area (Å²) in [6, 6.07) is 7.98. The minimum absolute atomic E-state index is 0.0625. The van der Waals surface area contributed by atoms with E-state index in [9.17, 15) is 0 Å². The fraction of sp³-hybridized carbons (Fsp3) is 0.429. The Kier molecular flexibility index (Phi) is 4.81. The second-order valence-electron chi connectivity index (χ2n) is 4.92. The minimum Gasteiger partial charge on any atom is -0.372 e. The van der Waals surface area contributed by atoms with Crippen LogP contribution in [0.25, 0.3) is 0 Å². The topological polar surface area (TPSA) is 106 Å². The Morgan fingerprint density at radius 1 is 0.900 bits per heavy atom. The lowest BCUT2D eigenvalue weighted by atomic mass is 10.2. The molecule has 1 aromatic carbocycles. The first-order valence-corrected chi connectivity index (χ1v) is 6.94. The summed E-state index contributed by atoms with van der Waals surface area (Å²) < 4.78 is 0. The predicted molar refractivity (Wildman–Crippen MR) is 84.2 cm³/mol. The molecule has 108 valence electrons. The zero-order valence-electron chi connectivity index (χ0n) is 11.6. The molecule has 1 aliphatic heterocycles. The van der Waals surface area contributed by atoms with Gasteiger partial charge in [-0.1, -0.05) is 12.8 Å². The van der Waals surface area contributed by atoms with Gasteiger partial charge in [0.1, 0.15) is 0 Å². The summed E-state index contributed by atoms with van der Waals surface area (Å²) in [5.74, 6) is -0.0278. The molecule has 1 heterocycles. The number of hydrogen-bond donors (Lipinski definition) is 3. The molecule has 6 heteroatoms. The normalized spacial score (nSPS) is 16.6. The average molecular weight is 274 g/mol. The van der Waals surface area contributed by atoms with Gasteiger partial charge in [-0.3, -0.25) is 0 Å². The SMILES string of the molecule is NC(N)=NC(N)=Nc1ccc(N2CCCCCC2)cc1. The van der Waals surface area contributed by atoms with Crippen molar-refractivity contribution in [1.29, 1.82) is 0 Å². The standard InChI is InChI=1S/C14H22N6/c15-13(16)19-14(17)18-11-5-7-12(8-6-11)20-9-3-1-2-4-10-20/h5-8H,1-4,9-10H2,(H6,15,16,17,18,19).